The first-order valence-corrected chi connectivity index (χ1v) is 13.6. The molecule has 2 rings (SSSR count). The molecule has 0 heterocycles. The van der Waals surface area contributed by atoms with E-state index in [1.165, 1.54) is 0 Å². The van der Waals surface area contributed by atoms with E-state index in [2.05, 4.69) is 16.0 Å². The molecule has 2 aromatic rings. The van der Waals surface area contributed by atoms with E-state index in [9.17, 15) is 19.2 Å². The molecule has 40 heavy (non-hydrogen) atoms. The normalized spacial score (nSPS) is 12.5. The van der Waals surface area contributed by atoms with Gasteiger partial charge in [-0.05, 0) is 51.2 Å². The van der Waals surface area contributed by atoms with Crippen LogP contribution in [-0.2, 0) is 32.1 Å². The highest BCUT2D eigenvalue weighted by Crippen LogP contribution is 2.17. The summed E-state index contributed by atoms with van der Waals surface area (Å²) in [6.45, 7) is 5.74. The number of Topliss-reactive ketones (excluding diaryl/α,β-unsaturated/α-hetero) is 1. The molecule has 0 radical (unpaired) electrons. The van der Waals surface area contributed by atoms with Gasteiger partial charge in [-0.15, -0.1) is 0 Å². The Morgan fingerprint density at radius 3 is 2.08 bits per heavy atom. The number of unbranched alkanes of at least 4 members (excludes halogenated alkanes) is 1. The predicted octanol–water partition coefficient (Wildman–Crippen LogP) is 3.83. The van der Waals surface area contributed by atoms with Crippen molar-refractivity contribution in [1.29, 1.82) is 0 Å². The number of ether oxygens (including phenoxy) is 2. The molecule has 0 saturated carbocycles. The smallest absolute Gasteiger partial charge is 0.408 e. The van der Waals surface area contributed by atoms with E-state index in [1.54, 1.807) is 20.8 Å². The van der Waals surface area contributed by atoms with Crippen LogP contribution < -0.4 is 21.7 Å². The van der Waals surface area contributed by atoms with Crippen molar-refractivity contribution in [2.24, 2.45) is 11.7 Å². The molecule has 0 spiro atoms. The zero-order valence-corrected chi connectivity index (χ0v) is 23.6. The summed E-state index contributed by atoms with van der Waals surface area (Å²) in [4.78, 5) is 50.6. The first-order chi connectivity index (χ1) is 19.1. The number of amides is 3. The van der Waals surface area contributed by atoms with Crippen molar-refractivity contribution < 1.29 is 28.7 Å². The number of ketones is 1. The zero-order valence-electron chi connectivity index (χ0n) is 23.6. The Balaban J connectivity index is 1.99. The van der Waals surface area contributed by atoms with Crippen LogP contribution in [-0.4, -0.2) is 48.7 Å². The van der Waals surface area contributed by atoms with Gasteiger partial charge in [0.15, 0.2) is 5.78 Å². The van der Waals surface area contributed by atoms with Crippen molar-refractivity contribution in [3.8, 4) is 0 Å². The molecule has 0 aliphatic carbocycles. The lowest BCUT2D eigenvalue weighted by Crippen LogP contribution is -2.44. The maximum absolute atomic E-state index is 13.4. The first kappa shape index (κ1) is 32.3. The molecule has 0 saturated heterocycles. The van der Waals surface area contributed by atoms with Gasteiger partial charge >= 0.3 is 12.2 Å². The van der Waals surface area contributed by atoms with Crippen LogP contribution in [0.1, 0.15) is 57.6 Å². The standard InChI is InChI=1S/C30H42N4O6/c1-30(2,3)40-28(37)32-17-11-10-16-24(27(36)33-21-31)19-26(35)25(18-22-12-6-4-7-13-22)34-29(38)39-20-23-14-8-5-9-15-23/h4-9,12-15,24-25H,10-11,16-21,31H2,1-3H3,(H,32,37)(H,33,36)(H,34,38)/t24-,25+/m1/s1. The number of hydrogen-bond acceptors (Lipinski definition) is 7. The van der Waals surface area contributed by atoms with Gasteiger partial charge in [-0.3, -0.25) is 9.59 Å². The molecule has 0 aliphatic rings. The van der Waals surface area contributed by atoms with Gasteiger partial charge < -0.3 is 31.2 Å². The van der Waals surface area contributed by atoms with Crippen LogP contribution in [0.5, 0.6) is 0 Å². The Kier molecular flexibility index (Phi) is 13.7. The number of nitrogens with one attached hydrogen (secondary N) is 3. The molecule has 2 aromatic carbocycles. The van der Waals surface area contributed by atoms with E-state index in [-0.39, 0.29) is 37.8 Å². The summed E-state index contributed by atoms with van der Waals surface area (Å²) in [5, 5.41) is 7.97. The van der Waals surface area contributed by atoms with Gasteiger partial charge in [-0.1, -0.05) is 67.1 Å². The fourth-order valence-electron chi connectivity index (χ4n) is 3.98. The van der Waals surface area contributed by atoms with E-state index >= 15 is 0 Å². The minimum atomic E-state index is -0.882. The van der Waals surface area contributed by atoms with Crippen LogP contribution in [0.3, 0.4) is 0 Å². The summed E-state index contributed by atoms with van der Waals surface area (Å²) in [5.74, 6) is -1.26. The Hall–Kier alpha value is -3.92. The topological polar surface area (TPSA) is 149 Å². The van der Waals surface area contributed by atoms with Crippen LogP contribution >= 0.6 is 0 Å². The van der Waals surface area contributed by atoms with Crippen molar-refractivity contribution >= 4 is 23.9 Å². The van der Waals surface area contributed by atoms with Crippen molar-refractivity contribution in [1.82, 2.24) is 16.0 Å². The second kappa shape index (κ2) is 16.9. The van der Waals surface area contributed by atoms with E-state index in [0.29, 0.717) is 25.8 Å². The van der Waals surface area contributed by atoms with Crippen LogP contribution in [0.15, 0.2) is 60.7 Å². The lowest BCUT2D eigenvalue weighted by molar-refractivity contribution is -0.130. The summed E-state index contributed by atoms with van der Waals surface area (Å²) in [5.41, 5.74) is 6.61. The molecule has 5 N–H and O–H groups in total. The number of nitrogens with two attached hydrogens (primary N) is 1. The molecule has 218 valence electrons. The van der Waals surface area contributed by atoms with Gasteiger partial charge in [-0.25, -0.2) is 9.59 Å². The van der Waals surface area contributed by atoms with E-state index in [1.807, 2.05) is 60.7 Å². The molecule has 0 unspecified atom stereocenters. The lowest BCUT2D eigenvalue weighted by Gasteiger charge is -2.22. The molecule has 3 amide bonds. The number of rotatable bonds is 15. The molecular weight excluding hydrogens is 512 g/mol. The summed E-state index contributed by atoms with van der Waals surface area (Å²) in [7, 11) is 0. The van der Waals surface area contributed by atoms with Crippen molar-refractivity contribution in [2.75, 3.05) is 13.2 Å². The first-order valence-electron chi connectivity index (χ1n) is 13.6. The summed E-state index contributed by atoms with van der Waals surface area (Å²) < 4.78 is 10.6. The molecule has 2 atom stereocenters. The maximum atomic E-state index is 13.4. The average molecular weight is 555 g/mol. The molecule has 0 bridgehead atoms. The van der Waals surface area contributed by atoms with Gasteiger partial charge in [0.1, 0.15) is 12.2 Å². The Labute approximate surface area is 236 Å². The second-order valence-electron chi connectivity index (χ2n) is 10.5. The van der Waals surface area contributed by atoms with Crippen molar-refractivity contribution in [2.45, 2.75) is 71.1 Å². The second-order valence-corrected chi connectivity index (χ2v) is 10.5. The molecule has 0 aliphatic heterocycles. The van der Waals surface area contributed by atoms with Gasteiger partial charge in [0.25, 0.3) is 0 Å². The zero-order chi connectivity index (χ0) is 29.4. The highest BCUT2D eigenvalue weighted by Gasteiger charge is 2.28. The number of alkyl carbamates (subject to hydrolysis) is 2. The fourth-order valence-corrected chi connectivity index (χ4v) is 3.98. The lowest BCUT2D eigenvalue weighted by atomic mass is 9.90. The van der Waals surface area contributed by atoms with Gasteiger partial charge in [0.05, 0.1) is 12.7 Å². The Bertz CT molecular complexity index is 1070. The van der Waals surface area contributed by atoms with E-state index < -0.39 is 29.7 Å². The molecular formula is C30H42N4O6. The minimum Gasteiger partial charge on any atom is -0.445 e. The van der Waals surface area contributed by atoms with Gasteiger partial charge in [0.2, 0.25) is 5.91 Å². The fraction of sp³-hybridized carbons (Fsp3) is 0.467. The van der Waals surface area contributed by atoms with Crippen molar-refractivity contribution in [3.63, 3.8) is 0 Å². The van der Waals surface area contributed by atoms with Crippen LogP contribution in [0.4, 0.5) is 9.59 Å². The third kappa shape index (κ3) is 13.2. The number of carbonyl (C=O) groups is 4. The Morgan fingerprint density at radius 2 is 1.48 bits per heavy atom. The third-order valence-electron chi connectivity index (χ3n) is 5.92. The van der Waals surface area contributed by atoms with Gasteiger partial charge in [0, 0.05) is 18.9 Å². The Morgan fingerprint density at radius 1 is 0.850 bits per heavy atom. The third-order valence-corrected chi connectivity index (χ3v) is 5.92. The van der Waals surface area contributed by atoms with Crippen LogP contribution in [0.25, 0.3) is 0 Å². The van der Waals surface area contributed by atoms with E-state index in [0.717, 1.165) is 11.1 Å². The van der Waals surface area contributed by atoms with Crippen molar-refractivity contribution in [3.05, 3.63) is 71.8 Å². The monoisotopic (exact) mass is 554 g/mol. The predicted molar refractivity (Wildman–Crippen MR) is 152 cm³/mol. The largest absolute Gasteiger partial charge is 0.445 e. The number of carbonyl (C=O) groups excluding carboxylic acids is 4. The number of benzene rings is 2. The summed E-state index contributed by atoms with van der Waals surface area (Å²) >= 11 is 0. The van der Waals surface area contributed by atoms with Gasteiger partial charge in [-0.2, -0.15) is 0 Å². The summed E-state index contributed by atoms with van der Waals surface area (Å²) in [6.07, 6.45) is 0.541. The molecule has 10 nitrogen and oxygen atoms in total. The SMILES string of the molecule is CC(C)(C)OC(=O)NCCCC[C@H](CC(=O)[C@H](Cc1ccccc1)NC(=O)OCc1ccccc1)C(=O)NCN. The maximum Gasteiger partial charge on any atom is 0.408 e. The molecule has 10 heteroatoms. The van der Waals surface area contributed by atoms with E-state index in [4.69, 9.17) is 15.2 Å². The number of hydrogen-bond donors (Lipinski definition) is 4. The van der Waals surface area contributed by atoms with Crippen LogP contribution in [0.2, 0.25) is 0 Å². The quantitative estimate of drug-likeness (QED) is 0.193. The highest BCUT2D eigenvalue weighted by atomic mass is 16.6. The summed E-state index contributed by atoms with van der Waals surface area (Å²) in [6, 6.07) is 17.7. The molecule has 0 fully saturated rings. The van der Waals surface area contributed by atoms with Crippen LogP contribution in [0, 0.1) is 5.92 Å². The average Bonchev–Trinajstić information content (AvgIpc) is 2.91. The molecule has 0 aromatic heterocycles. The highest BCUT2D eigenvalue weighted by molar-refractivity contribution is 5.91. The minimum absolute atomic E-state index is 0.0543.